The lowest BCUT2D eigenvalue weighted by Gasteiger charge is -2.11. The van der Waals surface area contributed by atoms with E-state index in [-0.39, 0.29) is 0 Å². The number of nitrogens with zero attached hydrogens (tertiary/aromatic N) is 2. The Bertz CT molecular complexity index is 597. The Labute approximate surface area is 128 Å². The molecule has 3 nitrogen and oxygen atoms in total. The van der Waals surface area contributed by atoms with Crippen molar-refractivity contribution < 1.29 is 0 Å². The number of nitrogens with one attached hydrogen (secondary N) is 1. The summed E-state index contributed by atoms with van der Waals surface area (Å²) in [6, 6.07) is 9.05. The molecule has 1 aromatic carbocycles. The fraction of sp³-hybridized carbons (Fsp3) is 0.500. The molecule has 0 bridgehead atoms. The molecular weight excluding hydrogens is 258 g/mol. The third-order valence-electron chi connectivity index (χ3n) is 3.78. The van der Waals surface area contributed by atoms with Gasteiger partial charge < -0.3 is 5.32 Å². The molecule has 3 heteroatoms. The van der Waals surface area contributed by atoms with Gasteiger partial charge in [-0.2, -0.15) is 5.10 Å². The van der Waals surface area contributed by atoms with Gasteiger partial charge in [-0.05, 0) is 37.5 Å². The van der Waals surface area contributed by atoms with E-state index in [1.54, 1.807) is 0 Å². The van der Waals surface area contributed by atoms with Crippen molar-refractivity contribution in [2.75, 3.05) is 0 Å². The number of aryl methyl sites for hydroxylation is 2. The number of hydrogen-bond acceptors (Lipinski definition) is 2. The Hall–Kier alpha value is -1.61. The second kappa shape index (κ2) is 6.90. The smallest absolute Gasteiger partial charge is 0.0674 e. The van der Waals surface area contributed by atoms with Crippen molar-refractivity contribution in [3.05, 3.63) is 46.8 Å². The number of aromatic nitrogens is 2. The fourth-order valence-corrected chi connectivity index (χ4v) is 2.67. The van der Waals surface area contributed by atoms with Crippen LogP contribution in [0.1, 0.15) is 50.2 Å². The third-order valence-corrected chi connectivity index (χ3v) is 3.78. The Balaban J connectivity index is 2.47. The summed E-state index contributed by atoms with van der Waals surface area (Å²) >= 11 is 0. The molecule has 0 aliphatic heterocycles. The van der Waals surface area contributed by atoms with E-state index in [0.717, 1.165) is 25.1 Å². The van der Waals surface area contributed by atoms with Crippen LogP contribution in [-0.4, -0.2) is 15.8 Å². The number of hydrogen-bond donors (Lipinski definition) is 1. The average Bonchev–Trinajstić information content (AvgIpc) is 2.82. The minimum Gasteiger partial charge on any atom is -0.310 e. The van der Waals surface area contributed by atoms with Gasteiger partial charge >= 0.3 is 0 Å². The first-order valence-electron chi connectivity index (χ1n) is 7.96. The first-order valence-corrected chi connectivity index (χ1v) is 7.96. The van der Waals surface area contributed by atoms with E-state index in [2.05, 4.69) is 68.9 Å². The number of benzene rings is 1. The van der Waals surface area contributed by atoms with Gasteiger partial charge in [-0.3, -0.25) is 0 Å². The third kappa shape index (κ3) is 3.53. The lowest BCUT2D eigenvalue weighted by Crippen LogP contribution is -2.23. The van der Waals surface area contributed by atoms with Gasteiger partial charge in [-0.15, -0.1) is 0 Å². The second-order valence-corrected chi connectivity index (χ2v) is 5.87. The summed E-state index contributed by atoms with van der Waals surface area (Å²) in [5.41, 5.74) is 6.34. The highest BCUT2D eigenvalue weighted by atomic mass is 15.3. The van der Waals surface area contributed by atoms with Crippen molar-refractivity contribution >= 4 is 0 Å². The first-order chi connectivity index (χ1) is 10.1. The second-order valence-electron chi connectivity index (χ2n) is 5.87. The molecule has 0 unspecified atom stereocenters. The summed E-state index contributed by atoms with van der Waals surface area (Å²) in [5, 5.41) is 8.40. The van der Waals surface area contributed by atoms with Crippen LogP contribution >= 0.6 is 0 Å². The van der Waals surface area contributed by atoms with Crippen LogP contribution in [-0.2, 0) is 19.4 Å². The van der Waals surface area contributed by atoms with Crippen LogP contribution in [0, 0.1) is 6.92 Å². The van der Waals surface area contributed by atoms with Crippen LogP contribution in [0.2, 0.25) is 0 Å². The summed E-state index contributed by atoms with van der Waals surface area (Å²) in [4.78, 5) is 0. The summed E-state index contributed by atoms with van der Waals surface area (Å²) in [5.74, 6) is 0. The molecule has 0 aliphatic rings. The van der Waals surface area contributed by atoms with Crippen molar-refractivity contribution in [2.45, 2.75) is 60.0 Å². The van der Waals surface area contributed by atoms with Crippen molar-refractivity contribution in [2.24, 2.45) is 0 Å². The van der Waals surface area contributed by atoms with E-state index < -0.39 is 0 Å². The van der Waals surface area contributed by atoms with Crippen LogP contribution in [0.5, 0.6) is 0 Å². The van der Waals surface area contributed by atoms with Gasteiger partial charge in [0, 0.05) is 23.8 Å². The predicted molar refractivity (Wildman–Crippen MR) is 89.0 cm³/mol. The van der Waals surface area contributed by atoms with Crippen molar-refractivity contribution in [1.82, 2.24) is 15.1 Å². The van der Waals surface area contributed by atoms with E-state index in [9.17, 15) is 0 Å². The molecule has 2 aromatic rings. The van der Waals surface area contributed by atoms with Crippen LogP contribution in [0.25, 0.3) is 5.69 Å². The van der Waals surface area contributed by atoms with E-state index in [1.165, 1.54) is 22.5 Å². The molecule has 2 rings (SSSR count). The summed E-state index contributed by atoms with van der Waals surface area (Å²) in [6.45, 7) is 11.8. The lowest BCUT2D eigenvalue weighted by atomic mass is 10.1. The highest BCUT2D eigenvalue weighted by Gasteiger charge is 2.16. The maximum atomic E-state index is 4.87. The van der Waals surface area contributed by atoms with Gasteiger partial charge in [0.1, 0.15) is 0 Å². The SMILES string of the molecule is CCc1nn(-c2cccc(C)c2)c(CC)c1CNC(C)C. The Morgan fingerprint density at radius 2 is 1.95 bits per heavy atom. The quantitative estimate of drug-likeness (QED) is 0.875. The van der Waals surface area contributed by atoms with Crippen molar-refractivity contribution in [1.29, 1.82) is 0 Å². The van der Waals surface area contributed by atoms with E-state index in [1.807, 2.05) is 0 Å². The molecule has 0 amide bonds. The van der Waals surface area contributed by atoms with Gasteiger partial charge in [0.05, 0.1) is 11.4 Å². The predicted octanol–water partition coefficient (Wildman–Crippen LogP) is 3.80. The molecule has 1 heterocycles. The molecule has 0 radical (unpaired) electrons. The first kappa shape index (κ1) is 15.8. The number of rotatable bonds is 6. The normalized spacial score (nSPS) is 11.3. The van der Waals surface area contributed by atoms with Gasteiger partial charge in [0.15, 0.2) is 0 Å². The molecule has 0 spiro atoms. The molecule has 0 aliphatic carbocycles. The summed E-state index contributed by atoms with van der Waals surface area (Å²) in [6.07, 6.45) is 1.97. The van der Waals surface area contributed by atoms with E-state index in [4.69, 9.17) is 5.10 Å². The van der Waals surface area contributed by atoms with Crippen LogP contribution in [0.3, 0.4) is 0 Å². The standard InChI is InChI=1S/C18H27N3/c1-6-17-16(12-19-13(3)4)18(7-2)21(20-17)15-10-8-9-14(5)11-15/h8-11,13,19H,6-7,12H2,1-5H3. The Morgan fingerprint density at radius 1 is 1.19 bits per heavy atom. The molecular formula is C18H27N3. The Morgan fingerprint density at radius 3 is 2.52 bits per heavy atom. The summed E-state index contributed by atoms with van der Waals surface area (Å²) < 4.78 is 2.13. The molecule has 0 atom stereocenters. The van der Waals surface area contributed by atoms with Crippen LogP contribution in [0.4, 0.5) is 0 Å². The van der Waals surface area contributed by atoms with Crippen LogP contribution < -0.4 is 5.32 Å². The Kier molecular flexibility index (Phi) is 5.18. The van der Waals surface area contributed by atoms with Crippen LogP contribution in [0.15, 0.2) is 24.3 Å². The largest absolute Gasteiger partial charge is 0.310 e. The maximum absolute atomic E-state index is 4.87. The topological polar surface area (TPSA) is 29.9 Å². The highest BCUT2D eigenvalue weighted by Crippen LogP contribution is 2.21. The van der Waals surface area contributed by atoms with Gasteiger partial charge in [0.25, 0.3) is 0 Å². The van der Waals surface area contributed by atoms with Gasteiger partial charge in [-0.1, -0.05) is 39.8 Å². The zero-order valence-electron chi connectivity index (χ0n) is 13.9. The molecule has 21 heavy (non-hydrogen) atoms. The maximum Gasteiger partial charge on any atom is 0.0674 e. The minimum absolute atomic E-state index is 0.488. The monoisotopic (exact) mass is 285 g/mol. The van der Waals surface area contributed by atoms with Crippen molar-refractivity contribution in [3.8, 4) is 5.69 Å². The van der Waals surface area contributed by atoms with E-state index in [0.29, 0.717) is 6.04 Å². The van der Waals surface area contributed by atoms with Gasteiger partial charge in [0.2, 0.25) is 0 Å². The minimum atomic E-state index is 0.488. The lowest BCUT2D eigenvalue weighted by molar-refractivity contribution is 0.584. The van der Waals surface area contributed by atoms with Gasteiger partial charge in [-0.25, -0.2) is 4.68 Å². The molecule has 114 valence electrons. The molecule has 0 saturated heterocycles. The summed E-state index contributed by atoms with van der Waals surface area (Å²) in [7, 11) is 0. The fourth-order valence-electron chi connectivity index (χ4n) is 2.67. The molecule has 0 fully saturated rings. The molecule has 0 saturated carbocycles. The van der Waals surface area contributed by atoms with Crippen molar-refractivity contribution in [3.63, 3.8) is 0 Å². The zero-order chi connectivity index (χ0) is 15.4. The molecule has 1 aromatic heterocycles. The highest BCUT2D eigenvalue weighted by molar-refractivity contribution is 5.40. The average molecular weight is 285 g/mol. The van der Waals surface area contributed by atoms with E-state index >= 15 is 0 Å². The zero-order valence-corrected chi connectivity index (χ0v) is 13.9. The molecule has 1 N–H and O–H groups in total.